The molecule has 2 atom stereocenters. The van der Waals surface area contributed by atoms with Gasteiger partial charge in [0.2, 0.25) is 0 Å². The van der Waals surface area contributed by atoms with E-state index < -0.39 is 8.32 Å². The molecule has 3 heteroatoms. The molecule has 84 valence electrons. The van der Waals surface area contributed by atoms with Crippen LogP contribution in [0.4, 0.5) is 0 Å². The van der Waals surface area contributed by atoms with Crippen molar-refractivity contribution in [3.05, 3.63) is 0 Å². The van der Waals surface area contributed by atoms with E-state index in [-0.39, 0.29) is 0 Å². The van der Waals surface area contributed by atoms with Gasteiger partial charge in [-0.1, -0.05) is 27.7 Å². The van der Waals surface area contributed by atoms with E-state index in [2.05, 4.69) is 40.8 Å². The fourth-order valence-corrected chi connectivity index (χ4v) is 2.16. The second-order valence-corrected chi connectivity index (χ2v) is 10.7. The maximum Gasteiger partial charge on any atom is 0.191 e. The molecule has 0 aromatic rings. The lowest BCUT2D eigenvalue weighted by atomic mass is 10.1. The van der Waals surface area contributed by atoms with Gasteiger partial charge in [0, 0.05) is 12.5 Å². The molecule has 1 fully saturated rings. The lowest BCUT2D eigenvalue weighted by Gasteiger charge is -2.36. The van der Waals surface area contributed by atoms with Crippen LogP contribution in [0.1, 0.15) is 27.7 Å². The van der Waals surface area contributed by atoms with Crippen LogP contribution in [0.3, 0.4) is 0 Å². The fraction of sp³-hybridized carbons (Fsp3) is 1.00. The minimum absolute atomic E-state index is 0.317. The van der Waals surface area contributed by atoms with Gasteiger partial charge in [-0.15, -0.1) is 0 Å². The zero-order chi connectivity index (χ0) is 11.0. The van der Waals surface area contributed by atoms with Gasteiger partial charge in [0.25, 0.3) is 0 Å². The van der Waals surface area contributed by atoms with E-state index in [9.17, 15) is 0 Å². The van der Waals surface area contributed by atoms with Gasteiger partial charge in [0.15, 0.2) is 8.32 Å². The summed E-state index contributed by atoms with van der Waals surface area (Å²) < 4.78 is 11.4. The molecule has 0 amide bonds. The molecular formula is C11H24O2Si. The smallest absolute Gasteiger partial charge is 0.191 e. The molecule has 1 saturated heterocycles. The summed E-state index contributed by atoms with van der Waals surface area (Å²) in [5.41, 5.74) is 0. The molecule has 1 aliphatic heterocycles. The van der Waals surface area contributed by atoms with Crippen LogP contribution >= 0.6 is 0 Å². The first kappa shape index (κ1) is 12.2. The third kappa shape index (κ3) is 3.07. The molecule has 0 N–H and O–H groups in total. The zero-order valence-electron chi connectivity index (χ0n) is 10.4. The molecule has 0 radical (unpaired) electrons. The standard InChI is InChI=1S/C11H24O2Si/c1-9(10-8-12-10)7-13-14(5,6)11(2,3)4/h9-10H,7-8H2,1-6H3/t9-,10+/m0/s1. The Morgan fingerprint density at radius 1 is 1.43 bits per heavy atom. The summed E-state index contributed by atoms with van der Waals surface area (Å²) in [5, 5.41) is 0.317. The minimum atomic E-state index is -1.54. The summed E-state index contributed by atoms with van der Waals surface area (Å²) in [4.78, 5) is 0. The quantitative estimate of drug-likeness (QED) is 0.532. The van der Waals surface area contributed by atoms with Crippen LogP contribution in [-0.2, 0) is 9.16 Å². The van der Waals surface area contributed by atoms with Gasteiger partial charge in [-0.3, -0.25) is 0 Å². The van der Waals surface area contributed by atoms with Crippen LogP contribution in [0.5, 0.6) is 0 Å². The summed E-state index contributed by atoms with van der Waals surface area (Å²) >= 11 is 0. The predicted octanol–water partition coefficient (Wildman–Crippen LogP) is 3.04. The highest BCUT2D eigenvalue weighted by molar-refractivity contribution is 6.74. The molecule has 2 nitrogen and oxygen atoms in total. The van der Waals surface area contributed by atoms with Crippen molar-refractivity contribution in [3.63, 3.8) is 0 Å². The van der Waals surface area contributed by atoms with Gasteiger partial charge in [0.05, 0.1) is 12.7 Å². The monoisotopic (exact) mass is 216 g/mol. The van der Waals surface area contributed by atoms with Crippen molar-refractivity contribution in [3.8, 4) is 0 Å². The number of hydrogen-bond acceptors (Lipinski definition) is 2. The largest absolute Gasteiger partial charge is 0.416 e. The molecule has 1 rings (SSSR count). The lowest BCUT2D eigenvalue weighted by molar-refractivity contribution is 0.207. The Hall–Kier alpha value is 0.137. The fourth-order valence-electron chi connectivity index (χ4n) is 1.05. The summed E-state index contributed by atoms with van der Waals surface area (Å²) in [7, 11) is -1.54. The molecule has 1 heterocycles. The SMILES string of the molecule is C[C@@H](CO[Si](C)(C)C(C)(C)C)[C@H]1CO1. The maximum atomic E-state index is 6.12. The Morgan fingerprint density at radius 3 is 2.29 bits per heavy atom. The molecule has 0 bridgehead atoms. The zero-order valence-corrected chi connectivity index (χ0v) is 11.4. The van der Waals surface area contributed by atoms with Gasteiger partial charge >= 0.3 is 0 Å². The van der Waals surface area contributed by atoms with Gasteiger partial charge in [-0.05, 0) is 18.1 Å². The van der Waals surface area contributed by atoms with Crippen molar-refractivity contribution in [2.75, 3.05) is 13.2 Å². The summed E-state index contributed by atoms with van der Waals surface area (Å²) in [5.74, 6) is 0.559. The van der Waals surface area contributed by atoms with Crippen LogP contribution in [0.15, 0.2) is 0 Å². The highest BCUT2D eigenvalue weighted by Gasteiger charge is 2.38. The Labute approximate surface area is 89.1 Å². The Kier molecular flexibility index (Phi) is 3.44. The van der Waals surface area contributed by atoms with Gasteiger partial charge in [-0.25, -0.2) is 0 Å². The minimum Gasteiger partial charge on any atom is -0.416 e. The molecule has 0 aliphatic carbocycles. The third-order valence-electron chi connectivity index (χ3n) is 3.51. The van der Waals surface area contributed by atoms with Crippen LogP contribution in [0.2, 0.25) is 18.1 Å². The molecule has 1 aliphatic rings. The topological polar surface area (TPSA) is 21.8 Å². The van der Waals surface area contributed by atoms with E-state index in [1.54, 1.807) is 0 Å². The van der Waals surface area contributed by atoms with Gasteiger partial charge in [-0.2, -0.15) is 0 Å². The summed E-state index contributed by atoms with van der Waals surface area (Å²) in [6, 6.07) is 0. The Morgan fingerprint density at radius 2 is 1.93 bits per heavy atom. The summed E-state index contributed by atoms with van der Waals surface area (Å²) in [6.07, 6.45) is 0.472. The molecule has 0 aromatic heterocycles. The van der Waals surface area contributed by atoms with E-state index in [1.807, 2.05) is 0 Å². The van der Waals surface area contributed by atoms with E-state index in [4.69, 9.17) is 9.16 Å². The number of rotatable bonds is 4. The van der Waals surface area contributed by atoms with Crippen molar-refractivity contribution in [2.45, 2.75) is 51.9 Å². The average molecular weight is 216 g/mol. The highest BCUT2D eigenvalue weighted by Crippen LogP contribution is 2.37. The van der Waals surface area contributed by atoms with Crippen molar-refractivity contribution in [1.82, 2.24) is 0 Å². The number of epoxide rings is 1. The van der Waals surface area contributed by atoms with E-state index in [0.29, 0.717) is 17.1 Å². The molecule has 0 aromatic carbocycles. The van der Waals surface area contributed by atoms with Crippen LogP contribution in [-0.4, -0.2) is 27.6 Å². The average Bonchev–Trinajstić information content (AvgIpc) is 2.80. The van der Waals surface area contributed by atoms with Gasteiger partial charge < -0.3 is 9.16 Å². The molecule has 14 heavy (non-hydrogen) atoms. The van der Waals surface area contributed by atoms with Crippen LogP contribution in [0, 0.1) is 5.92 Å². The van der Waals surface area contributed by atoms with Crippen molar-refractivity contribution >= 4 is 8.32 Å². The lowest BCUT2D eigenvalue weighted by Crippen LogP contribution is -2.42. The highest BCUT2D eigenvalue weighted by atomic mass is 28.4. The van der Waals surface area contributed by atoms with E-state index >= 15 is 0 Å². The van der Waals surface area contributed by atoms with Gasteiger partial charge in [0.1, 0.15) is 0 Å². The maximum absolute atomic E-state index is 6.12. The third-order valence-corrected chi connectivity index (χ3v) is 8.01. The van der Waals surface area contributed by atoms with E-state index in [1.165, 1.54) is 0 Å². The number of hydrogen-bond donors (Lipinski definition) is 0. The molecule has 0 unspecified atom stereocenters. The molecule has 0 saturated carbocycles. The first-order valence-electron chi connectivity index (χ1n) is 5.49. The second kappa shape index (κ2) is 3.95. The first-order valence-corrected chi connectivity index (χ1v) is 8.40. The number of ether oxygens (including phenoxy) is 1. The van der Waals surface area contributed by atoms with E-state index in [0.717, 1.165) is 13.2 Å². The normalized spacial score (nSPS) is 24.9. The Bertz CT molecular complexity index is 192. The first-order chi connectivity index (χ1) is 6.24. The van der Waals surface area contributed by atoms with Crippen molar-refractivity contribution in [1.29, 1.82) is 0 Å². The summed E-state index contributed by atoms with van der Waals surface area (Å²) in [6.45, 7) is 15.4. The van der Waals surface area contributed by atoms with Crippen LogP contribution < -0.4 is 0 Å². The molecule has 0 spiro atoms. The molecular weight excluding hydrogens is 192 g/mol. The van der Waals surface area contributed by atoms with Crippen molar-refractivity contribution in [2.24, 2.45) is 5.92 Å². The van der Waals surface area contributed by atoms with Crippen LogP contribution in [0.25, 0.3) is 0 Å². The Balaban J connectivity index is 2.35. The second-order valence-electron chi connectivity index (χ2n) is 5.92. The van der Waals surface area contributed by atoms with Crippen molar-refractivity contribution < 1.29 is 9.16 Å². The predicted molar refractivity (Wildman–Crippen MR) is 62.1 cm³/mol.